The molecular formula is C38H42N8O4. The standard InChI is InChI=1S/C38H42N8O4/c1-3-37(12-15-45(16-13-37)34(48)29-21-41-42-22-29)36(50)46(23-27-8-5-4-7-26(27)20-39-2)24-32(47)43-30-11-10-25-18-38(19-28(25)17-30)31-9-6-14-40-33(31)44-35(38)49/h4-11,14,17,21-22,39H,3,12-13,15-16,18-20,23-24H2,1-2H3,(H,41,42)(H,43,47)(H,40,44,49)/t38-/m1/s1. The van der Waals surface area contributed by atoms with Crippen LogP contribution in [0.5, 0.6) is 0 Å². The van der Waals surface area contributed by atoms with E-state index in [0.717, 1.165) is 27.8 Å². The molecule has 0 unspecified atom stereocenters. The van der Waals surface area contributed by atoms with Crippen molar-refractivity contribution in [3.8, 4) is 0 Å². The molecule has 50 heavy (non-hydrogen) atoms. The Labute approximate surface area is 291 Å². The third kappa shape index (κ3) is 6.04. The molecule has 1 atom stereocenters. The summed E-state index contributed by atoms with van der Waals surface area (Å²) in [5.41, 5.74) is 4.70. The van der Waals surface area contributed by atoms with Gasteiger partial charge in [-0.3, -0.25) is 24.3 Å². The molecule has 12 nitrogen and oxygen atoms in total. The van der Waals surface area contributed by atoms with Crippen molar-refractivity contribution < 1.29 is 19.2 Å². The van der Waals surface area contributed by atoms with Crippen LogP contribution in [0, 0.1) is 5.41 Å². The van der Waals surface area contributed by atoms with E-state index in [1.165, 1.54) is 6.20 Å². The zero-order chi connectivity index (χ0) is 34.9. The number of rotatable bonds is 10. The van der Waals surface area contributed by atoms with Crippen molar-refractivity contribution in [1.82, 2.24) is 30.3 Å². The summed E-state index contributed by atoms with van der Waals surface area (Å²) in [5, 5.41) is 15.8. The SMILES string of the molecule is CCC1(C(=O)N(CC(=O)Nc2ccc3c(c2)C[C@@]2(C3)C(=O)Nc3ncccc32)Cc2ccccc2CNC)CCN(C(=O)c2cn[nH]c2)CC1. The minimum atomic E-state index is -0.708. The van der Waals surface area contributed by atoms with E-state index in [9.17, 15) is 19.2 Å². The molecule has 0 radical (unpaired) electrons. The fourth-order valence-corrected chi connectivity index (χ4v) is 7.94. The van der Waals surface area contributed by atoms with Gasteiger partial charge in [0.15, 0.2) is 0 Å². The van der Waals surface area contributed by atoms with Gasteiger partial charge in [-0.2, -0.15) is 5.10 Å². The number of hydrogen-bond acceptors (Lipinski definition) is 7. The maximum absolute atomic E-state index is 14.6. The number of amides is 4. The van der Waals surface area contributed by atoms with Crippen molar-refractivity contribution in [2.24, 2.45) is 5.41 Å². The Bertz CT molecular complexity index is 1930. The predicted octanol–water partition coefficient (Wildman–Crippen LogP) is 3.81. The number of aromatic amines is 1. The summed E-state index contributed by atoms with van der Waals surface area (Å²) in [5.74, 6) is 0.0642. The Hall–Kier alpha value is -5.36. The lowest BCUT2D eigenvalue weighted by Crippen LogP contribution is -2.52. The van der Waals surface area contributed by atoms with Crippen LogP contribution in [0.1, 0.15) is 64.4 Å². The minimum absolute atomic E-state index is 0.0535. The lowest BCUT2D eigenvalue weighted by molar-refractivity contribution is -0.147. The van der Waals surface area contributed by atoms with Crippen molar-refractivity contribution in [3.05, 3.63) is 107 Å². The van der Waals surface area contributed by atoms with Gasteiger partial charge in [-0.15, -0.1) is 0 Å². The summed E-state index contributed by atoms with van der Waals surface area (Å²) >= 11 is 0. The van der Waals surface area contributed by atoms with Crippen LogP contribution >= 0.6 is 0 Å². The Morgan fingerprint density at radius 3 is 2.52 bits per heavy atom. The van der Waals surface area contributed by atoms with Crippen LogP contribution in [-0.4, -0.2) is 75.3 Å². The first-order valence-electron chi connectivity index (χ1n) is 17.2. The number of H-pyrrole nitrogens is 1. The summed E-state index contributed by atoms with van der Waals surface area (Å²) in [6.45, 7) is 3.66. The van der Waals surface area contributed by atoms with Crippen LogP contribution in [0.2, 0.25) is 0 Å². The Balaban J connectivity index is 1.09. The first-order chi connectivity index (χ1) is 24.2. The molecule has 4 N–H and O–H groups in total. The monoisotopic (exact) mass is 674 g/mol. The van der Waals surface area contributed by atoms with Crippen LogP contribution in [0.25, 0.3) is 0 Å². The van der Waals surface area contributed by atoms with Crippen molar-refractivity contribution in [1.29, 1.82) is 0 Å². The predicted molar refractivity (Wildman–Crippen MR) is 188 cm³/mol. The van der Waals surface area contributed by atoms with Gasteiger partial charge in [0.2, 0.25) is 17.7 Å². The number of anilines is 2. The first-order valence-corrected chi connectivity index (χ1v) is 17.2. The highest BCUT2D eigenvalue weighted by molar-refractivity contribution is 6.06. The molecule has 4 aromatic rings. The second kappa shape index (κ2) is 13.5. The van der Waals surface area contributed by atoms with Gasteiger partial charge in [0.1, 0.15) is 12.4 Å². The maximum atomic E-state index is 14.6. The lowest BCUT2D eigenvalue weighted by atomic mass is 9.74. The summed E-state index contributed by atoms with van der Waals surface area (Å²) in [6.07, 6.45) is 7.45. The number of pyridine rings is 1. The zero-order valence-electron chi connectivity index (χ0n) is 28.4. The second-order valence-electron chi connectivity index (χ2n) is 13.7. The van der Waals surface area contributed by atoms with Gasteiger partial charge in [-0.1, -0.05) is 43.3 Å². The number of nitrogens with zero attached hydrogens (tertiary/aromatic N) is 4. The second-order valence-corrected chi connectivity index (χ2v) is 13.7. The average molecular weight is 675 g/mol. The smallest absolute Gasteiger partial charge is 0.257 e. The van der Waals surface area contributed by atoms with E-state index in [-0.39, 0.29) is 36.7 Å². The number of fused-ring (bicyclic) bond motifs is 3. The Kier molecular flexibility index (Phi) is 8.96. The molecule has 7 rings (SSSR count). The summed E-state index contributed by atoms with van der Waals surface area (Å²) in [7, 11) is 1.88. The van der Waals surface area contributed by atoms with Gasteiger partial charge in [-0.25, -0.2) is 4.98 Å². The maximum Gasteiger partial charge on any atom is 0.257 e. The molecule has 0 saturated carbocycles. The van der Waals surface area contributed by atoms with Crippen molar-refractivity contribution in [2.45, 2.75) is 57.5 Å². The number of piperidine rings is 1. The lowest BCUT2D eigenvalue weighted by Gasteiger charge is -2.42. The fourth-order valence-electron chi connectivity index (χ4n) is 7.94. The number of carbonyl (C=O) groups excluding carboxylic acids is 4. The molecule has 4 amide bonds. The van der Waals surface area contributed by atoms with Gasteiger partial charge in [0.25, 0.3) is 5.91 Å². The number of nitrogens with one attached hydrogen (secondary N) is 4. The number of hydrogen-bond donors (Lipinski definition) is 4. The molecule has 2 aromatic heterocycles. The third-order valence-corrected chi connectivity index (χ3v) is 10.8. The molecule has 2 aliphatic heterocycles. The highest BCUT2D eigenvalue weighted by Gasteiger charge is 2.51. The van der Waals surface area contributed by atoms with Crippen LogP contribution in [-0.2, 0) is 45.7 Å². The van der Waals surface area contributed by atoms with Crippen LogP contribution < -0.4 is 16.0 Å². The average Bonchev–Trinajstić information content (AvgIpc) is 3.87. The summed E-state index contributed by atoms with van der Waals surface area (Å²) in [6, 6.07) is 17.5. The van der Waals surface area contributed by atoms with Crippen LogP contribution in [0.3, 0.4) is 0 Å². The van der Waals surface area contributed by atoms with E-state index in [2.05, 4.69) is 31.1 Å². The van der Waals surface area contributed by atoms with E-state index in [0.29, 0.717) is 68.8 Å². The number of likely N-dealkylation sites (tertiary alicyclic amines) is 1. The largest absolute Gasteiger partial charge is 0.338 e. The first kappa shape index (κ1) is 33.2. The molecule has 1 fully saturated rings. The van der Waals surface area contributed by atoms with E-state index in [4.69, 9.17) is 0 Å². The molecule has 3 aliphatic rings. The third-order valence-electron chi connectivity index (χ3n) is 10.8. The normalized spacial score (nSPS) is 18.8. The molecule has 1 saturated heterocycles. The van der Waals surface area contributed by atoms with Gasteiger partial charge >= 0.3 is 0 Å². The highest BCUT2D eigenvalue weighted by atomic mass is 16.2. The molecule has 258 valence electrons. The fraction of sp³-hybridized carbons (Fsp3) is 0.368. The molecule has 2 aromatic carbocycles. The van der Waals surface area contributed by atoms with Crippen LogP contribution in [0.4, 0.5) is 11.5 Å². The van der Waals surface area contributed by atoms with Crippen molar-refractivity contribution >= 4 is 35.1 Å². The quantitative estimate of drug-likeness (QED) is 0.200. The molecular weight excluding hydrogens is 632 g/mol. The summed E-state index contributed by atoms with van der Waals surface area (Å²) < 4.78 is 0. The van der Waals surface area contributed by atoms with Gasteiger partial charge in [-0.05, 0) is 79.6 Å². The Morgan fingerprint density at radius 1 is 1.00 bits per heavy atom. The molecule has 4 heterocycles. The minimum Gasteiger partial charge on any atom is -0.338 e. The molecule has 1 aliphatic carbocycles. The zero-order valence-corrected chi connectivity index (χ0v) is 28.4. The Morgan fingerprint density at radius 2 is 1.78 bits per heavy atom. The molecule has 12 heteroatoms. The number of aromatic nitrogens is 3. The van der Waals surface area contributed by atoms with E-state index < -0.39 is 10.8 Å². The van der Waals surface area contributed by atoms with E-state index in [1.54, 1.807) is 22.2 Å². The van der Waals surface area contributed by atoms with Gasteiger partial charge < -0.3 is 25.8 Å². The number of carbonyl (C=O) groups is 4. The van der Waals surface area contributed by atoms with E-state index >= 15 is 0 Å². The molecule has 0 bridgehead atoms. The topological polar surface area (TPSA) is 152 Å². The van der Waals surface area contributed by atoms with Crippen molar-refractivity contribution in [2.75, 3.05) is 37.3 Å². The molecule has 1 spiro atoms. The highest BCUT2D eigenvalue weighted by Crippen LogP contribution is 2.47. The number of benzene rings is 2. The van der Waals surface area contributed by atoms with E-state index in [1.807, 2.05) is 68.6 Å². The van der Waals surface area contributed by atoms with Crippen molar-refractivity contribution in [3.63, 3.8) is 0 Å². The van der Waals surface area contributed by atoms with Gasteiger partial charge in [0, 0.05) is 49.8 Å². The summed E-state index contributed by atoms with van der Waals surface area (Å²) in [4.78, 5) is 62.4. The van der Waals surface area contributed by atoms with Crippen LogP contribution in [0.15, 0.2) is 73.2 Å². The van der Waals surface area contributed by atoms with Gasteiger partial charge in [0.05, 0.1) is 22.6 Å².